The molecule has 0 fully saturated rings. The predicted molar refractivity (Wildman–Crippen MR) is 140 cm³/mol. The van der Waals surface area contributed by atoms with E-state index >= 15 is 0 Å². The van der Waals surface area contributed by atoms with Crippen LogP contribution in [-0.4, -0.2) is 22.4 Å². The molecule has 0 bridgehead atoms. The maximum absolute atomic E-state index is 8.06. The second kappa shape index (κ2) is 25.3. The number of unbranched alkanes of at least 4 members (excludes halogenated alkanes) is 4. The Kier molecular flexibility index (Phi) is 34.1. The summed E-state index contributed by atoms with van der Waals surface area (Å²) < 4.78 is 0. The zero-order valence-corrected chi connectivity index (χ0v) is 25.9. The molecule has 2 N–H and O–H groups in total. The van der Waals surface area contributed by atoms with Crippen molar-refractivity contribution in [3.05, 3.63) is 0 Å². The molecular weight excluding hydrogens is 416 g/mol. The Morgan fingerprint density at radius 1 is 0.516 bits per heavy atom. The Morgan fingerprint density at radius 3 is 0.839 bits per heavy atom. The first-order valence-corrected chi connectivity index (χ1v) is 12.8. The summed E-state index contributed by atoms with van der Waals surface area (Å²) in [5.74, 6) is 1.74. The molecule has 192 valence electrons. The van der Waals surface area contributed by atoms with Crippen LogP contribution in [0.2, 0.25) is 0 Å². The minimum Gasteiger partial charge on any atom is -0.394 e. The molecule has 2 atom stereocenters. The van der Waals surface area contributed by atoms with Crippen LogP contribution in [-0.2, 0) is 21.7 Å². The summed E-state index contributed by atoms with van der Waals surface area (Å²) in [7, 11) is 0. The molecule has 0 radical (unpaired) electrons. The number of hydrogen-bond donors (Lipinski definition) is 2. The van der Waals surface area contributed by atoms with E-state index in [1.165, 1.54) is 51.4 Å². The molecule has 0 aromatic carbocycles. The molecule has 2 nitrogen and oxygen atoms in total. The van der Waals surface area contributed by atoms with Crippen molar-refractivity contribution in [1.29, 1.82) is 0 Å². The van der Waals surface area contributed by atoms with E-state index in [9.17, 15) is 0 Å². The van der Waals surface area contributed by atoms with Gasteiger partial charge in [-0.2, -0.15) is 0 Å². The molecule has 31 heavy (non-hydrogen) atoms. The summed E-state index contributed by atoms with van der Waals surface area (Å²) in [6.45, 7) is 30.2. The molecule has 0 aromatic heterocycles. The van der Waals surface area contributed by atoms with E-state index < -0.39 is 0 Å². The Morgan fingerprint density at radius 2 is 0.710 bits per heavy atom. The van der Waals surface area contributed by atoms with Gasteiger partial charge in [-0.3, -0.25) is 0 Å². The van der Waals surface area contributed by atoms with Gasteiger partial charge >= 0.3 is 0 Å². The van der Waals surface area contributed by atoms with Crippen LogP contribution in [0, 0.1) is 22.7 Å². The Hall–Kier alpha value is 0.634. The van der Waals surface area contributed by atoms with Crippen LogP contribution < -0.4 is 0 Å². The summed E-state index contributed by atoms with van der Waals surface area (Å²) in [6, 6.07) is 0. The van der Waals surface area contributed by atoms with Gasteiger partial charge in [-0.15, -0.1) is 0 Å². The maximum Gasteiger partial charge on any atom is 0.0483 e. The van der Waals surface area contributed by atoms with E-state index in [0.717, 1.165) is 11.8 Å². The third-order valence-corrected chi connectivity index (χ3v) is 5.44. The summed E-state index contributed by atoms with van der Waals surface area (Å²) in [4.78, 5) is 0. The van der Waals surface area contributed by atoms with Crippen LogP contribution in [0.4, 0.5) is 0 Å². The van der Waals surface area contributed by atoms with Gasteiger partial charge in [0.25, 0.3) is 0 Å². The van der Waals surface area contributed by atoms with Gasteiger partial charge in [0, 0.05) is 33.9 Å². The fourth-order valence-electron chi connectivity index (χ4n) is 2.27. The monoisotopic (exact) mass is 480 g/mol. The number of rotatable bonds is 8. The topological polar surface area (TPSA) is 40.5 Å². The molecule has 0 aromatic rings. The zero-order valence-electron chi connectivity index (χ0n) is 24.4. The third kappa shape index (κ3) is 49.0. The molecule has 0 saturated heterocycles. The molecule has 0 spiro atoms. The minimum absolute atomic E-state index is 0. The minimum atomic E-state index is -0.167. The first kappa shape index (κ1) is 41.8. The largest absolute Gasteiger partial charge is 0.394 e. The zero-order chi connectivity index (χ0) is 25.0. The van der Waals surface area contributed by atoms with E-state index in [1.807, 2.05) is 0 Å². The van der Waals surface area contributed by atoms with Crippen LogP contribution in [0.25, 0.3) is 0 Å². The standard InChI is InChI=1S/2C11H24.2C3H8O.Ti/c2*1-6-7-8-9-10(2)11(3,4)5;2*1-3(2)4;/h2*10H,6-9H2,1-5H3;2*3-4H,1-2H3;. The van der Waals surface area contributed by atoms with Crippen LogP contribution in [0.5, 0.6) is 0 Å². The van der Waals surface area contributed by atoms with Crippen molar-refractivity contribution in [3.63, 3.8) is 0 Å². The van der Waals surface area contributed by atoms with E-state index in [0.29, 0.717) is 10.8 Å². The quantitative estimate of drug-likeness (QED) is 0.268. The van der Waals surface area contributed by atoms with Crippen molar-refractivity contribution < 1.29 is 31.9 Å². The van der Waals surface area contributed by atoms with Gasteiger partial charge in [-0.1, -0.05) is 121 Å². The average molecular weight is 481 g/mol. The first-order valence-electron chi connectivity index (χ1n) is 12.8. The fourth-order valence-corrected chi connectivity index (χ4v) is 2.27. The van der Waals surface area contributed by atoms with Crippen molar-refractivity contribution in [3.8, 4) is 0 Å². The second-order valence-corrected chi connectivity index (χ2v) is 11.7. The normalized spacial score (nSPS) is 13.0. The molecule has 0 aliphatic carbocycles. The first-order chi connectivity index (χ1) is 13.4. The summed E-state index contributed by atoms with van der Waals surface area (Å²) in [5.41, 5.74) is 1.02. The Bertz CT molecular complexity index is 276. The fraction of sp³-hybridized carbons (Fsp3) is 1.00. The second-order valence-electron chi connectivity index (χ2n) is 11.7. The molecule has 0 heterocycles. The van der Waals surface area contributed by atoms with Crippen molar-refractivity contribution in [2.24, 2.45) is 22.7 Å². The van der Waals surface area contributed by atoms with Crippen LogP contribution in [0.15, 0.2) is 0 Å². The predicted octanol–water partition coefficient (Wildman–Crippen LogP) is 9.27. The molecule has 0 amide bonds. The SMILES string of the molecule is CC(C)O.CC(C)O.CCCCCC(C)C(C)(C)C.CCCCCC(C)C(C)(C)C.[Ti]. The smallest absolute Gasteiger partial charge is 0.0483 e. The summed E-state index contributed by atoms with van der Waals surface area (Å²) in [5, 5.41) is 16.1. The Balaban J connectivity index is -0.000000106. The molecule has 0 aliphatic rings. The summed E-state index contributed by atoms with van der Waals surface area (Å²) >= 11 is 0. The van der Waals surface area contributed by atoms with Crippen molar-refractivity contribution >= 4 is 0 Å². The van der Waals surface area contributed by atoms with Crippen LogP contribution in [0.3, 0.4) is 0 Å². The molecule has 0 rings (SSSR count). The molecule has 2 unspecified atom stereocenters. The van der Waals surface area contributed by atoms with E-state index in [1.54, 1.807) is 27.7 Å². The van der Waals surface area contributed by atoms with Crippen LogP contribution >= 0.6 is 0 Å². The van der Waals surface area contributed by atoms with Gasteiger partial charge in [0.05, 0.1) is 0 Å². The van der Waals surface area contributed by atoms with Crippen molar-refractivity contribution in [2.45, 2.75) is 161 Å². The summed E-state index contributed by atoms with van der Waals surface area (Å²) in [6.07, 6.45) is 10.8. The van der Waals surface area contributed by atoms with E-state index in [2.05, 4.69) is 69.2 Å². The van der Waals surface area contributed by atoms with Gasteiger partial charge < -0.3 is 10.2 Å². The maximum atomic E-state index is 8.06. The van der Waals surface area contributed by atoms with Crippen LogP contribution in [0.1, 0.15) is 148 Å². The molecule has 0 saturated carbocycles. The Labute approximate surface area is 214 Å². The van der Waals surface area contributed by atoms with Crippen molar-refractivity contribution in [2.75, 3.05) is 0 Å². The average Bonchev–Trinajstić information content (AvgIpc) is 2.53. The van der Waals surface area contributed by atoms with Gasteiger partial charge in [0.15, 0.2) is 0 Å². The number of aliphatic hydroxyl groups is 2. The van der Waals surface area contributed by atoms with Crippen molar-refractivity contribution in [1.82, 2.24) is 0 Å². The van der Waals surface area contributed by atoms with Gasteiger partial charge in [0.2, 0.25) is 0 Å². The third-order valence-electron chi connectivity index (χ3n) is 5.44. The molecule has 3 heteroatoms. The van der Waals surface area contributed by atoms with E-state index in [-0.39, 0.29) is 33.9 Å². The molecular formula is C28H64O2Ti. The number of hydrogen-bond acceptors (Lipinski definition) is 2. The van der Waals surface area contributed by atoms with Gasteiger partial charge in [-0.05, 0) is 50.4 Å². The van der Waals surface area contributed by atoms with E-state index in [4.69, 9.17) is 10.2 Å². The molecule has 0 aliphatic heterocycles. The van der Waals surface area contributed by atoms with Gasteiger partial charge in [0.1, 0.15) is 0 Å². The van der Waals surface area contributed by atoms with Gasteiger partial charge in [-0.25, -0.2) is 0 Å². The number of aliphatic hydroxyl groups excluding tert-OH is 2.